The number of aromatic amines is 1. The topological polar surface area (TPSA) is 78.5 Å². The third-order valence-corrected chi connectivity index (χ3v) is 3.61. The van der Waals surface area contributed by atoms with Gasteiger partial charge >= 0.3 is 0 Å². The van der Waals surface area contributed by atoms with E-state index in [2.05, 4.69) is 44.4 Å². The molecule has 0 saturated heterocycles. The Balaban J connectivity index is 2.09. The predicted octanol–water partition coefficient (Wildman–Crippen LogP) is 3.02. The molecule has 6 heteroatoms. The van der Waals surface area contributed by atoms with Crippen LogP contribution in [0.5, 0.6) is 0 Å². The maximum absolute atomic E-state index is 4.47. The fraction of sp³-hybridized carbons (Fsp3) is 0.643. The quantitative estimate of drug-likeness (QED) is 0.690. The average molecular weight is 276 g/mol. The Labute approximate surface area is 119 Å². The van der Waals surface area contributed by atoms with Gasteiger partial charge < -0.3 is 15.6 Å². The van der Waals surface area contributed by atoms with E-state index in [4.69, 9.17) is 0 Å². The lowest BCUT2D eigenvalue weighted by Crippen LogP contribution is -2.15. The number of imidazole rings is 1. The SMILES string of the molecule is CCCCC(CC)CNc1nc(NC)nc2nc[nH]c12. The minimum absolute atomic E-state index is 0.591. The van der Waals surface area contributed by atoms with Gasteiger partial charge in [0.2, 0.25) is 5.95 Å². The number of unbranched alkanes of at least 4 members (excludes halogenated alkanes) is 1. The minimum Gasteiger partial charge on any atom is -0.368 e. The van der Waals surface area contributed by atoms with Crippen molar-refractivity contribution in [1.82, 2.24) is 19.9 Å². The monoisotopic (exact) mass is 276 g/mol. The molecule has 2 heterocycles. The highest BCUT2D eigenvalue weighted by Crippen LogP contribution is 2.20. The molecule has 6 nitrogen and oxygen atoms in total. The smallest absolute Gasteiger partial charge is 0.226 e. The van der Waals surface area contributed by atoms with E-state index in [0.717, 1.165) is 17.9 Å². The second-order valence-corrected chi connectivity index (χ2v) is 5.04. The number of anilines is 2. The van der Waals surface area contributed by atoms with Gasteiger partial charge in [-0.3, -0.25) is 0 Å². The number of nitrogens with one attached hydrogen (secondary N) is 3. The maximum atomic E-state index is 4.47. The summed E-state index contributed by atoms with van der Waals surface area (Å²) in [7, 11) is 1.81. The molecule has 0 aliphatic carbocycles. The molecule has 0 aromatic carbocycles. The lowest BCUT2D eigenvalue weighted by Gasteiger charge is -2.16. The van der Waals surface area contributed by atoms with Crippen LogP contribution in [-0.2, 0) is 0 Å². The summed E-state index contributed by atoms with van der Waals surface area (Å²) >= 11 is 0. The van der Waals surface area contributed by atoms with Crippen molar-refractivity contribution in [3.63, 3.8) is 0 Å². The lowest BCUT2D eigenvalue weighted by molar-refractivity contribution is 0.472. The molecule has 2 rings (SSSR count). The highest BCUT2D eigenvalue weighted by atomic mass is 15.2. The molecule has 0 aliphatic rings. The number of fused-ring (bicyclic) bond motifs is 1. The molecule has 0 radical (unpaired) electrons. The Bertz CT molecular complexity index is 535. The minimum atomic E-state index is 0.591. The molecular weight excluding hydrogens is 252 g/mol. The van der Waals surface area contributed by atoms with Crippen molar-refractivity contribution in [2.24, 2.45) is 5.92 Å². The van der Waals surface area contributed by atoms with Crippen molar-refractivity contribution < 1.29 is 0 Å². The van der Waals surface area contributed by atoms with E-state index >= 15 is 0 Å². The molecule has 110 valence electrons. The second-order valence-electron chi connectivity index (χ2n) is 5.04. The molecule has 0 amide bonds. The van der Waals surface area contributed by atoms with E-state index in [0.29, 0.717) is 17.5 Å². The molecule has 0 spiro atoms. The standard InChI is InChI=1S/C14H24N6/c1-4-6-7-10(5-2)8-16-12-11-13(18-9-17-11)20-14(15-3)19-12/h9-10H,4-8H2,1-3H3,(H3,15,16,17,18,19,20). The van der Waals surface area contributed by atoms with Gasteiger partial charge in [0.05, 0.1) is 6.33 Å². The summed E-state index contributed by atoms with van der Waals surface area (Å²) in [6, 6.07) is 0. The Kier molecular flexibility index (Phi) is 5.15. The van der Waals surface area contributed by atoms with E-state index in [9.17, 15) is 0 Å². The fourth-order valence-electron chi connectivity index (χ4n) is 2.26. The van der Waals surface area contributed by atoms with Gasteiger partial charge in [-0.15, -0.1) is 0 Å². The third-order valence-electron chi connectivity index (χ3n) is 3.61. The molecule has 20 heavy (non-hydrogen) atoms. The van der Waals surface area contributed by atoms with Crippen LogP contribution in [0, 0.1) is 5.92 Å². The van der Waals surface area contributed by atoms with Crippen LogP contribution in [0.15, 0.2) is 6.33 Å². The highest BCUT2D eigenvalue weighted by Gasteiger charge is 2.11. The van der Waals surface area contributed by atoms with Crippen molar-refractivity contribution in [3.8, 4) is 0 Å². The Hall–Kier alpha value is -1.85. The zero-order valence-corrected chi connectivity index (χ0v) is 12.5. The second kappa shape index (κ2) is 7.07. The average Bonchev–Trinajstić information content (AvgIpc) is 2.95. The van der Waals surface area contributed by atoms with Crippen molar-refractivity contribution >= 4 is 22.9 Å². The van der Waals surface area contributed by atoms with Crippen molar-refractivity contribution in [1.29, 1.82) is 0 Å². The number of hydrogen-bond acceptors (Lipinski definition) is 5. The summed E-state index contributed by atoms with van der Waals surface area (Å²) in [5, 5.41) is 6.42. The highest BCUT2D eigenvalue weighted by molar-refractivity contribution is 5.83. The summed E-state index contributed by atoms with van der Waals surface area (Å²) in [6.07, 6.45) is 6.63. The van der Waals surface area contributed by atoms with Gasteiger partial charge in [-0.1, -0.05) is 33.1 Å². The van der Waals surface area contributed by atoms with Gasteiger partial charge in [-0.05, 0) is 12.3 Å². The first-order valence-electron chi connectivity index (χ1n) is 7.41. The van der Waals surface area contributed by atoms with Crippen molar-refractivity contribution in [2.75, 3.05) is 24.2 Å². The molecule has 0 fully saturated rings. The van der Waals surface area contributed by atoms with Gasteiger partial charge in [-0.25, -0.2) is 4.98 Å². The van der Waals surface area contributed by atoms with E-state index < -0.39 is 0 Å². The summed E-state index contributed by atoms with van der Waals surface area (Å²) in [5.74, 6) is 2.10. The van der Waals surface area contributed by atoms with Crippen molar-refractivity contribution in [3.05, 3.63) is 6.33 Å². The largest absolute Gasteiger partial charge is 0.368 e. The zero-order valence-electron chi connectivity index (χ0n) is 12.5. The summed E-state index contributed by atoms with van der Waals surface area (Å²) in [6.45, 7) is 5.41. The summed E-state index contributed by atoms with van der Waals surface area (Å²) in [5.41, 5.74) is 1.56. The molecule has 2 aromatic rings. The number of rotatable bonds is 8. The number of nitrogens with zero attached hydrogens (tertiary/aromatic N) is 3. The maximum Gasteiger partial charge on any atom is 0.226 e. The van der Waals surface area contributed by atoms with Gasteiger partial charge in [-0.2, -0.15) is 9.97 Å². The van der Waals surface area contributed by atoms with Crippen LogP contribution in [0.3, 0.4) is 0 Å². The zero-order chi connectivity index (χ0) is 14.4. The van der Waals surface area contributed by atoms with E-state index in [1.165, 1.54) is 25.7 Å². The van der Waals surface area contributed by atoms with Gasteiger partial charge in [0, 0.05) is 13.6 Å². The number of hydrogen-bond donors (Lipinski definition) is 3. The first kappa shape index (κ1) is 14.6. The first-order chi connectivity index (χ1) is 9.78. The van der Waals surface area contributed by atoms with Gasteiger partial charge in [0.25, 0.3) is 0 Å². The van der Waals surface area contributed by atoms with Gasteiger partial charge in [0.1, 0.15) is 5.52 Å². The molecular formula is C14H24N6. The van der Waals surface area contributed by atoms with Crippen LogP contribution < -0.4 is 10.6 Å². The summed E-state index contributed by atoms with van der Waals surface area (Å²) in [4.78, 5) is 16.1. The summed E-state index contributed by atoms with van der Waals surface area (Å²) < 4.78 is 0. The van der Waals surface area contributed by atoms with E-state index in [-0.39, 0.29) is 0 Å². The fourth-order valence-corrected chi connectivity index (χ4v) is 2.26. The van der Waals surface area contributed by atoms with Crippen LogP contribution in [-0.4, -0.2) is 33.5 Å². The van der Waals surface area contributed by atoms with Crippen LogP contribution in [0.1, 0.15) is 39.5 Å². The molecule has 1 unspecified atom stereocenters. The molecule has 3 N–H and O–H groups in total. The molecule has 2 aromatic heterocycles. The van der Waals surface area contributed by atoms with Crippen LogP contribution in [0.2, 0.25) is 0 Å². The molecule has 0 bridgehead atoms. The van der Waals surface area contributed by atoms with Crippen LogP contribution >= 0.6 is 0 Å². The normalized spacial score (nSPS) is 12.6. The molecule has 0 aliphatic heterocycles. The van der Waals surface area contributed by atoms with E-state index in [1.807, 2.05) is 7.05 Å². The van der Waals surface area contributed by atoms with E-state index in [1.54, 1.807) is 6.33 Å². The Morgan fingerprint density at radius 1 is 1.30 bits per heavy atom. The lowest BCUT2D eigenvalue weighted by atomic mass is 9.99. The first-order valence-corrected chi connectivity index (χ1v) is 7.41. The number of H-pyrrole nitrogens is 1. The predicted molar refractivity (Wildman–Crippen MR) is 83.0 cm³/mol. The van der Waals surface area contributed by atoms with Crippen molar-refractivity contribution in [2.45, 2.75) is 39.5 Å². The van der Waals surface area contributed by atoms with Gasteiger partial charge in [0.15, 0.2) is 11.5 Å². The van der Waals surface area contributed by atoms with Crippen LogP contribution in [0.4, 0.5) is 11.8 Å². The molecule has 1 atom stereocenters. The third kappa shape index (κ3) is 3.37. The molecule has 0 saturated carbocycles. The van der Waals surface area contributed by atoms with Crippen LogP contribution in [0.25, 0.3) is 11.2 Å². The number of aromatic nitrogens is 4. The Morgan fingerprint density at radius 2 is 2.15 bits per heavy atom. The Morgan fingerprint density at radius 3 is 2.85 bits per heavy atom.